The van der Waals surface area contributed by atoms with Gasteiger partial charge in [-0.2, -0.15) is 5.26 Å². The Morgan fingerprint density at radius 1 is 1.26 bits per heavy atom. The first-order valence-corrected chi connectivity index (χ1v) is 12.2. The van der Waals surface area contributed by atoms with Crippen LogP contribution in [-0.4, -0.2) is 30.9 Å². The molecule has 0 aliphatic carbocycles. The van der Waals surface area contributed by atoms with Gasteiger partial charge in [-0.25, -0.2) is 4.99 Å². The standard InChI is InChI=1S/C27H24ClN3O2S/c1-3-12-33-26-23(28)13-20(14-24(26)32-4-2)16-30-27-22(15-29)21-10-11-31(18-25(21)34-27)17-19-8-6-5-7-9-19/h1,5-9,13-14,16H,4,10-12,17-18H2,2H3. The van der Waals surface area contributed by atoms with Gasteiger partial charge in [0.2, 0.25) is 0 Å². The fourth-order valence-corrected chi connectivity index (χ4v) is 5.40. The minimum atomic E-state index is 0.0980. The van der Waals surface area contributed by atoms with Gasteiger partial charge in [0.05, 0.1) is 17.2 Å². The fourth-order valence-electron chi connectivity index (χ4n) is 3.94. The number of ether oxygens (including phenoxy) is 2. The Morgan fingerprint density at radius 2 is 2.09 bits per heavy atom. The Labute approximate surface area is 209 Å². The lowest BCUT2D eigenvalue weighted by Gasteiger charge is -2.26. The van der Waals surface area contributed by atoms with Gasteiger partial charge >= 0.3 is 0 Å². The van der Waals surface area contributed by atoms with Crippen LogP contribution in [0.3, 0.4) is 0 Å². The second kappa shape index (κ2) is 11.2. The zero-order valence-corrected chi connectivity index (χ0v) is 20.5. The highest BCUT2D eigenvalue weighted by molar-refractivity contribution is 7.16. The van der Waals surface area contributed by atoms with E-state index in [1.54, 1.807) is 23.6 Å². The monoisotopic (exact) mass is 489 g/mol. The lowest BCUT2D eigenvalue weighted by molar-refractivity contribution is 0.249. The third-order valence-corrected chi connectivity index (χ3v) is 6.85. The molecule has 34 heavy (non-hydrogen) atoms. The predicted molar refractivity (Wildman–Crippen MR) is 137 cm³/mol. The molecule has 3 aromatic rings. The highest BCUT2D eigenvalue weighted by Gasteiger charge is 2.24. The second-order valence-corrected chi connectivity index (χ2v) is 9.25. The van der Waals surface area contributed by atoms with Crippen LogP contribution in [-0.2, 0) is 19.5 Å². The van der Waals surface area contributed by atoms with Crippen molar-refractivity contribution in [2.24, 2.45) is 4.99 Å². The van der Waals surface area contributed by atoms with E-state index in [0.717, 1.165) is 42.2 Å². The number of rotatable bonds is 8. The van der Waals surface area contributed by atoms with Crippen molar-refractivity contribution in [2.45, 2.75) is 26.4 Å². The van der Waals surface area contributed by atoms with E-state index in [0.29, 0.717) is 28.7 Å². The molecule has 0 saturated heterocycles. The summed E-state index contributed by atoms with van der Waals surface area (Å²) < 4.78 is 11.2. The summed E-state index contributed by atoms with van der Waals surface area (Å²) in [6.07, 6.45) is 7.85. The van der Waals surface area contributed by atoms with Gasteiger partial charge in [-0.05, 0) is 42.2 Å². The second-order valence-electron chi connectivity index (χ2n) is 7.76. The lowest BCUT2D eigenvalue weighted by Crippen LogP contribution is -2.29. The van der Waals surface area contributed by atoms with Crippen LogP contribution in [0.15, 0.2) is 47.5 Å². The topological polar surface area (TPSA) is 57.8 Å². The molecule has 0 unspecified atom stereocenters. The maximum atomic E-state index is 9.83. The molecule has 2 heterocycles. The van der Waals surface area contributed by atoms with Gasteiger partial charge in [0, 0.05) is 30.7 Å². The number of aliphatic imine (C=N–C) groups is 1. The molecule has 2 aromatic carbocycles. The molecular formula is C27H24ClN3O2S. The first-order chi connectivity index (χ1) is 16.6. The van der Waals surface area contributed by atoms with Gasteiger partial charge in [-0.3, -0.25) is 4.90 Å². The van der Waals surface area contributed by atoms with Crippen LogP contribution in [0.5, 0.6) is 11.5 Å². The van der Waals surface area contributed by atoms with Crippen LogP contribution in [0.2, 0.25) is 5.02 Å². The van der Waals surface area contributed by atoms with Crippen molar-refractivity contribution in [3.05, 3.63) is 74.6 Å². The molecule has 4 rings (SSSR count). The van der Waals surface area contributed by atoms with Crippen LogP contribution >= 0.6 is 22.9 Å². The third-order valence-electron chi connectivity index (χ3n) is 5.44. The Bertz CT molecular complexity index is 1270. The van der Waals surface area contributed by atoms with E-state index in [4.69, 9.17) is 27.5 Å². The van der Waals surface area contributed by atoms with Gasteiger partial charge in [0.15, 0.2) is 11.5 Å². The summed E-state index contributed by atoms with van der Waals surface area (Å²) in [5.74, 6) is 3.36. The molecule has 1 aliphatic rings. The van der Waals surface area contributed by atoms with Gasteiger partial charge in [-0.1, -0.05) is 47.9 Å². The zero-order chi connectivity index (χ0) is 23.9. The van der Waals surface area contributed by atoms with E-state index >= 15 is 0 Å². The summed E-state index contributed by atoms with van der Waals surface area (Å²) in [6, 6.07) is 16.4. The Kier molecular flexibility index (Phi) is 7.87. The fraction of sp³-hybridized carbons (Fsp3) is 0.259. The maximum absolute atomic E-state index is 9.83. The van der Waals surface area contributed by atoms with E-state index in [-0.39, 0.29) is 6.61 Å². The number of halogens is 1. The van der Waals surface area contributed by atoms with E-state index in [9.17, 15) is 5.26 Å². The van der Waals surface area contributed by atoms with Crippen LogP contribution in [0, 0.1) is 23.7 Å². The van der Waals surface area contributed by atoms with E-state index in [1.165, 1.54) is 10.4 Å². The van der Waals surface area contributed by atoms with E-state index in [2.05, 4.69) is 46.1 Å². The van der Waals surface area contributed by atoms with Crippen LogP contribution in [0.4, 0.5) is 5.00 Å². The summed E-state index contributed by atoms with van der Waals surface area (Å²) in [6.45, 7) is 5.07. The highest BCUT2D eigenvalue weighted by Crippen LogP contribution is 2.40. The van der Waals surface area contributed by atoms with Crippen molar-refractivity contribution < 1.29 is 9.47 Å². The van der Waals surface area contributed by atoms with Gasteiger partial charge in [0.1, 0.15) is 17.7 Å². The minimum Gasteiger partial charge on any atom is -0.490 e. The van der Waals surface area contributed by atoms with Crippen molar-refractivity contribution >= 4 is 34.2 Å². The molecular weight excluding hydrogens is 466 g/mol. The zero-order valence-electron chi connectivity index (χ0n) is 18.9. The van der Waals surface area contributed by atoms with Crippen LogP contribution in [0.1, 0.15) is 34.1 Å². The van der Waals surface area contributed by atoms with Crippen molar-refractivity contribution in [2.75, 3.05) is 19.8 Å². The average molecular weight is 490 g/mol. The van der Waals surface area contributed by atoms with Gasteiger partial charge < -0.3 is 9.47 Å². The van der Waals surface area contributed by atoms with E-state index in [1.807, 2.05) is 19.1 Å². The molecule has 0 spiro atoms. The number of fused-ring (bicyclic) bond motifs is 1. The molecule has 0 atom stereocenters. The SMILES string of the molecule is C#CCOc1c(Cl)cc(C=Nc2sc3c(c2C#N)CCN(Cc2ccccc2)C3)cc1OCC. The van der Waals surface area contributed by atoms with Crippen molar-refractivity contribution in [3.63, 3.8) is 0 Å². The highest BCUT2D eigenvalue weighted by atomic mass is 35.5. The van der Waals surface area contributed by atoms with Crippen molar-refractivity contribution in [1.29, 1.82) is 5.26 Å². The van der Waals surface area contributed by atoms with E-state index < -0.39 is 0 Å². The molecule has 0 radical (unpaired) electrons. The molecule has 7 heteroatoms. The molecule has 0 N–H and O–H groups in total. The first kappa shape index (κ1) is 23.9. The average Bonchev–Trinajstić information content (AvgIpc) is 3.19. The van der Waals surface area contributed by atoms with Gasteiger partial charge in [-0.15, -0.1) is 17.8 Å². The van der Waals surface area contributed by atoms with Crippen molar-refractivity contribution in [1.82, 2.24) is 4.90 Å². The summed E-state index contributed by atoms with van der Waals surface area (Å²) >= 11 is 8.00. The normalized spacial score (nSPS) is 13.3. The van der Waals surface area contributed by atoms with Gasteiger partial charge in [0.25, 0.3) is 0 Å². The number of hydrogen-bond donors (Lipinski definition) is 0. The van der Waals surface area contributed by atoms with Crippen LogP contribution < -0.4 is 9.47 Å². The number of hydrogen-bond acceptors (Lipinski definition) is 6. The molecule has 0 fully saturated rings. The number of nitrogens with zero attached hydrogens (tertiary/aromatic N) is 3. The summed E-state index contributed by atoms with van der Waals surface area (Å²) in [5.41, 5.74) is 3.83. The smallest absolute Gasteiger partial charge is 0.181 e. The molecule has 172 valence electrons. The number of terminal acetylenes is 1. The molecule has 1 aliphatic heterocycles. The van der Waals surface area contributed by atoms with Crippen molar-refractivity contribution in [3.8, 4) is 29.9 Å². The predicted octanol–water partition coefficient (Wildman–Crippen LogP) is 5.99. The molecule has 0 bridgehead atoms. The number of benzene rings is 2. The Hall–Kier alpha value is -3.29. The van der Waals surface area contributed by atoms with Crippen LogP contribution in [0.25, 0.3) is 0 Å². The molecule has 1 aromatic heterocycles. The third kappa shape index (κ3) is 5.43. The summed E-state index contributed by atoms with van der Waals surface area (Å²) in [5, 5.41) is 10.9. The Morgan fingerprint density at radius 3 is 2.82 bits per heavy atom. The largest absolute Gasteiger partial charge is 0.490 e. The summed E-state index contributed by atoms with van der Waals surface area (Å²) in [7, 11) is 0. The quantitative estimate of drug-likeness (QED) is 0.288. The molecule has 0 saturated carbocycles. The number of thiophene rings is 1. The maximum Gasteiger partial charge on any atom is 0.181 e. The lowest BCUT2D eigenvalue weighted by atomic mass is 10.0. The Balaban J connectivity index is 1.56. The summed E-state index contributed by atoms with van der Waals surface area (Å²) in [4.78, 5) is 8.27. The first-order valence-electron chi connectivity index (χ1n) is 11.0. The molecule has 0 amide bonds. The number of nitriles is 1. The minimum absolute atomic E-state index is 0.0980. The molecule has 5 nitrogen and oxygen atoms in total.